The summed E-state index contributed by atoms with van der Waals surface area (Å²) in [5.41, 5.74) is 0.427. The number of amides is 1. The van der Waals surface area contributed by atoms with Crippen LogP contribution in [-0.2, 0) is 34.2 Å². The van der Waals surface area contributed by atoms with Gasteiger partial charge in [-0.2, -0.15) is 4.98 Å². The van der Waals surface area contributed by atoms with Crippen molar-refractivity contribution in [2.24, 2.45) is 0 Å². The maximum atomic E-state index is 13.0. The Morgan fingerprint density at radius 1 is 0.898 bits per heavy atom. The quantitative estimate of drug-likeness (QED) is 0.145. The summed E-state index contributed by atoms with van der Waals surface area (Å²) in [5, 5.41) is 11.6. The van der Waals surface area contributed by atoms with Crippen molar-refractivity contribution in [3.05, 3.63) is 118 Å². The Balaban J connectivity index is 1.53. The zero-order chi connectivity index (χ0) is 35.0. The summed E-state index contributed by atoms with van der Waals surface area (Å²) in [5.74, 6) is -0.870. The summed E-state index contributed by atoms with van der Waals surface area (Å²) in [6, 6.07) is 26.0. The monoisotopic (exact) mass is 671 g/mol. The molecule has 3 aromatic carbocycles. The first-order chi connectivity index (χ1) is 23.6. The molecule has 13 nitrogen and oxygen atoms in total. The van der Waals surface area contributed by atoms with Gasteiger partial charge in [0.05, 0.1) is 33.7 Å². The fourth-order valence-corrected chi connectivity index (χ4v) is 5.75. The molecule has 4 aromatic rings. The second kappa shape index (κ2) is 15.6. The normalized spacial score (nSPS) is 17.2. The number of hydrogen-bond donors (Lipinski definition) is 2. The third-order valence-corrected chi connectivity index (χ3v) is 8.09. The Bertz CT molecular complexity index is 1760. The van der Waals surface area contributed by atoms with Crippen LogP contribution in [0.4, 0.5) is 5.82 Å². The number of methoxy groups -OCH3 is 2. The lowest BCUT2D eigenvalue weighted by Crippen LogP contribution is -2.39. The van der Waals surface area contributed by atoms with E-state index in [4.69, 9.17) is 28.8 Å². The molecule has 0 aliphatic carbocycles. The Morgan fingerprint density at radius 3 is 2.02 bits per heavy atom. The Morgan fingerprint density at radius 2 is 1.49 bits per heavy atom. The van der Waals surface area contributed by atoms with E-state index < -0.39 is 48.1 Å². The van der Waals surface area contributed by atoms with E-state index in [0.717, 1.165) is 16.7 Å². The summed E-state index contributed by atoms with van der Waals surface area (Å²) < 4.78 is 31.1. The van der Waals surface area contributed by atoms with Gasteiger partial charge in [0.1, 0.15) is 41.4 Å². The van der Waals surface area contributed by atoms with Crippen molar-refractivity contribution >= 4 is 23.7 Å². The number of carbonyl (C=O) groups excluding carboxylic acids is 2. The third-order valence-electron chi connectivity index (χ3n) is 8.09. The fourth-order valence-electron chi connectivity index (χ4n) is 5.75. The summed E-state index contributed by atoms with van der Waals surface area (Å²) >= 11 is 0. The maximum absolute atomic E-state index is 13.0. The number of nitrogens with zero attached hydrogens (tertiary/aromatic N) is 2. The van der Waals surface area contributed by atoms with Gasteiger partial charge in [-0.05, 0) is 47.0 Å². The van der Waals surface area contributed by atoms with Crippen molar-refractivity contribution < 1.29 is 43.2 Å². The number of aliphatic carboxylic acids is 1. The van der Waals surface area contributed by atoms with Crippen LogP contribution in [0.5, 0.6) is 11.5 Å². The van der Waals surface area contributed by atoms with E-state index in [1.807, 2.05) is 78.9 Å². The molecule has 0 unspecified atom stereocenters. The third kappa shape index (κ3) is 8.13. The number of aromatic nitrogens is 2. The van der Waals surface area contributed by atoms with Crippen LogP contribution in [0.15, 0.2) is 95.9 Å². The predicted octanol–water partition coefficient (Wildman–Crippen LogP) is 4.29. The topological polar surface area (TPSA) is 165 Å². The average molecular weight is 672 g/mol. The molecule has 1 saturated heterocycles. The van der Waals surface area contributed by atoms with Gasteiger partial charge in [0, 0.05) is 19.5 Å². The van der Waals surface area contributed by atoms with Gasteiger partial charge in [-0.15, -0.1) is 0 Å². The highest BCUT2D eigenvalue weighted by atomic mass is 16.6. The predicted molar refractivity (Wildman–Crippen MR) is 176 cm³/mol. The van der Waals surface area contributed by atoms with Crippen LogP contribution in [0.1, 0.15) is 49.1 Å². The zero-order valence-electron chi connectivity index (χ0n) is 27.2. The standard InChI is InChI=1S/C36H37N3O10/c1-23(40)37-31-19-20-39(35(44)38-31)32-21-29(49-34(43)18-17-33(41)42)30(48-32)22-47-36(24-7-5-4-6-8-24,25-9-13-27(45-2)14-10-25)26-11-15-28(46-3)16-12-26/h4-16,19-20,29-30,32H,17-18,21-22H2,1-3H3,(H,41,42)(H,37,38,40,44)/t29-,30+,32+/m0/s1. The van der Waals surface area contributed by atoms with Crippen LogP contribution in [0.3, 0.4) is 0 Å². The van der Waals surface area contributed by atoms with Gasteiger partial charge in [0.2, 0.25) is 5.91 Å². The van der Waals surface area contributed by atoms with Gasteiger partial charge < -0.3 is 34.1 Å². The Hall–Kier alpha value is -5.53. The number of nitrogens with one attached hydrogen (secondary N) is 1. The van der Waals surface area contributed by atoms with E-state index >= 15 is 0 Å². The first-order valence-corrected chi connectivity index (χ1v) is 15.5. The molecule has 13 heteroatoms. The van der Waals surface area contributed by atoms with Crippen molar-refractivity contribution in [1.82, 2.24) is 9.55 Å². The van der Waals surface area contributed by atoms with Crippen LogP contribution >= 0.6 is 0 Å². The Kier molecular flexibility index (Phi) is 11.1. The van der Waals surface area contributed by atoms with E-state index in [1.54, 1.807) is 14.2 Å². The minimum absolute atomic E-state index is 0.0529. The van der Waals surface area contributed by atoms with Crippen LogP contribution in [-0.4, -0.2) is 65.5 Å². The van der Waals surface area contributed by atoms with Crippen molar-refractivity contribution in [2.45, 2.75) is 50.2 Å². The van der Waals surface area contributed by atoms with Crippen molar-refractivity contribution in [3.63, 3.8) is 0 Å². The van der Waals surface area contributed by atoms with Crippen LogP contribution in [0, 0.1) is 0 Å². The highest BCUT2D eigenvalue weighted by Gasteiger charge is 2.44. The van der Waals surface area contributed by atoms with E-state index in [1.165, 1.54) is 23.8 Å². The molecule has 256 valence electrons. The first-order valence-electron chi connectivity index (χ1n) is 15.5. The number of ether oxygens (including phenoxy) is 5. The Labute approximate surface area is 282 Å². The number of esters is 1. The molecule has 2 N–H and O–H groups in total. The maximum Gasteiger partial charge on any atom is 0.351 e. The van der Waals surface area contributed by atoms with Gasteiger partial charge in [-0.25, -0.2) is 4.79 Å². The van der Waals surface area contributed by atoms with Gasteiger partial charge in [-0.1, -0.05) is 54.6 Å². The van der Waals surface area contributed by atoms with Gasteiger partial charge in [0.15, 0.2) is 0 Å². The zero-order valence-corrected chi connectivity index (χ0v) is 27.2. The number of carbonyl (C=O) groups is 3. The van der Waals surface area contributed by atoms with Gasteiger partial charge >= 0.3 is 17.6 Å². The molecule has 1 aromatic heterocycles. The molecular formula is C36H37N3O10. The molecule has 2 heterocycles. The summed E-state index contributed by atoms with van der Waals surface area (Å²) in [6.45, 7) is 1.18. The molecule has 0 spiro atoms. The van der Waals surface area contributed by atoms with Crippen molar-refractivity contribution in [1.29, 1.82) is 0 Å². The number of benzene rings is 3. The molecule has 1 aliphatic rings. The van der Waals surface area contributed by atoms with Crippen molar-refractivity contribution in [2.75, 3.05) is 26.1 Å². The minimum atomic E-state index is -1.21. The lowest BCUT2D eigenvalue weighted by atomic mass is 9.80. The number of carboxylic acids is 1. The molecule has 1 amide bonds. The first kappa shape index (κ1) is 34.8. The van der Waals surface area contributed by atoms with Crippen molar-refractivity contribution in [3.8, 4) is 11.5 Å². The molecule has 0 radical (unpaired) electrons. The summed E-state index contributed by atoms with van der Waals surface area (Å²) in [6.07, 6.45) is -1.98. The van der Waals surface area contributed by atoms with E-state index in [-0.39, 0.29) is 31.2 Å². The smallest absolute Gasteiger partial charge is 0.351 e. The number of hydrogen-bond acceptors (Lipinski definition) is 10. The number of carboxylic acid groups (broad SMARTS) is 1. The van der Waals surface area contributed by atoms with Gasteiger partial charge in [0.25, 0.3) is 0 Å². The SMILES string of the molecule is COc1ccc(C(OC[C@H]2O[C@@H](n3ccc(NC(C)=O)nc3=O)C[C@@H]2OC(=O)CCC(=O)O)(c2ccccc2)c2ccc(OC)cc2)cc1. The molecule has 0 bridgehead atoms. The highest BCUT2D eigenvalue weighted by molar-refractivity contribution is 5.87. The van der Waals surface area contributed by atoms with Crippen LogP contribution in [0.25, 0.3) is 0 Å². The molecule has 3 atom stereocenters. The van der Waals surface area contributed by atoms with Crippen LogP contribution in [0.2, 0.25) is 0 Å². The number of anilines is 1. The second-order valence-electron chi connectivity index (χ2n) is 11.3. The molecule has 5 rings (SSSR count). The molecule has 0 saturated carbocycles. The molecule has 1 fully saturated rings. The molecular weight excluding hydrogens is 634 g/mol. The number of rotatable bonds is 14. The highest BCUT2D eigenvalue weighted by Crippen LogP contribution is 2.43. The van der Waals surface area contributed by atoms with E-state index in [9.17, 15) is 19.2 Å². The van der Waals surface area contributed by atoms with Gasteiger partial charge in [-0.3, -0.25) is 19.0 Å². The van der Waals surface area contributed by atoms with Crippen LogP contribution < -0.4 is 20.5 Å². The van der Waals surface area contributed by atoms with E-state index in [0.29, 0.717) is 11.5 Å². The minimum Gasteiger partial charge on any atom is -0.497 e. The fraction of sp³-hybridized carbons (Fsp3) is 0.306. The second-order valence-corrected chi connectivity index (χ2v) is 11.3. The summed E-state index contributed by atoms with van der Waals surface area (Å²) in [4.78, 5) is 52.3. The lowest BCUT2D eigenvalue weighted by Gasteiger charge is -2.37. The van der Waals surface area contributed by atoms with E-state index in [2.05, 4.69) is 10.3 Å². The molecule has 1 aliphatic heterocycles. The molecule has 49 heavy (non-hydrogen) atoms. The average Bonchev–Trinajstić information content (AvgIpc) is 3.50. The lowest BCUT2D eigenvalue weighted by molar-refractivity contribution is -0.157. The largest absolute Gasteiger partial charge is 0.497 e. The summed E-state index contributed by atoms with van der Waals surface area (Å²) in [7, 11) is 3.17.